The normalized spacial score (nSPS) is 20.4. The van der Waals surface area contributed by atoms with Gasteiger partial charge in [-0.3, -0.25) is 14.6 Å². The number of likely N-dealkylation sites (tertiary alicyclic amines) is 1. The Bertz CT molecular complexity index is 1000. The Labute approximate surface area is 175 Å². The molecule has 1 fully saturated rings. The number of pyridine rings is 1. The topological polar surface area (TPSA) is 83.0 Å². The second-order valence-electron chi connectivity index (χ2n) is 7.85. The van der Waals surface area contributed by atoms with Crippen LogP contribution in [0.1, 0.15) is 29.2 Å². The van der Waals surface area contributed by atoms with E-state index in [0.717, 1.165) is 29.7 Å². The third-order valence-electron chi connectivity index (χ3n) is 5.53. The number of carbonyl (C=O) groups excluding carboxylic acids is 2. The molecule has 1 atom stereocenters. The number of ketones is 1. The highest BCUT2D eigenvalue weighted by Crippen LogP contribution is 2.39. The lowest BCUT2D eigenvalue weighted by atomic mass is 9.94. The minimum absolute atomic E-state index is 0.113. The SMILES string of the molecule is CN(C)CCN1C(=O)C(=O)/C(=C(\O)c2ccc3c(c2)CCCO3)C1c1ccncc1. The van der Waals surface area contributed by atoms with Crippen LogP contribution in [0.25, 0.3) is 5.76 Å². The van der Waals surface area contributed by atoms with Crippen LogP contribution in [0.4, 0.5) is 0 Å². The third-order valence-corrected chi connectivity index (χ3v) is 5.53. The zero-order valence-corrected chi connectivity index (χ0v) is 17.2. The number of rotatable bonds is 5. The van der Waals surface area contributed by atoms with Gasteiger partial charge in [0.05, 0.1) is 18.2 Å². The minimum atomic E-state index is -0.665. The minimum Gasteiger partial charge on any atom is -0.507 e. The summed E-state index contributed by atoms with van der Waals surface area (Å²) in [5, 5.41) is 11.2. The Morgan fingerprint density at radius 3 is 2.73 bits per heavy atom. The number of aryl methyl sites for hydroxylation is 1. The Hall–Kier alpha value is -3.19. The number of ether oxygens (including phenoxy) is 1. The monoisotopic (exact) mass is 407 g/mol. The van der Waals surface area contributed by atoms with Crippen LogP contribution in [-0.4, -0.2) is 65.4 Å². The summed E-state index contributed by atoms with van der Waals surface area (Å²) in [6.45, 7) is 1.65. The van der Waals surface area contributed by atoms with Gasteiger partial charge in [-0.15, -0.1) is 0 Å². The summed E-state index contributed by atoms with van der Waals surface area (Å²) in [7, 11) is 3.82. The lowest BCUT2D eigenvalue weighted by Crippen LogP contribution is -2.35. The van der Waals surface area contributed by atoms with Crippen LogP contribution < -0.4 is 4.74 Å². The van der Waals surface area contributed by atoms with Crippen LogP contribution in [-0.2, 0) is 16.0 Å². The highest BCUT2D eigenvalue weighted by molar-refractivity contribution is 6.46. The molecule has 0 radical (unpaired) electrons. The fourth-order valence-electron chi connectivity index (χ4n) is 3.97. The first-order chi connectivity index (χ1) is 14.5. The number of amides is 1. The molecule has 1 amide bonds. The Kier molecular flexibility index (Phi) is 5.55. The van der Waals surface area contributed by atoms with Crippen molar-refractivity contribution < 1.29 is 19.4 Å². The molecule has 3 heterocycles. The van der Waals surface area contributed by atoms with Gasteiger partial charge < -0.3 is 19.6 Å². The number of Topliss-reactive ketones (excluding diaryl/α,β-unsaturated/α-hetero) is 1. The predicted octanol–water partition coefficient (Wildman–Crippen LogP) is 2.39. The molecule has 2 aliphatic heterocycles. The van der Waals surface area contributed by atoms with Crippen molar-refractivity contribution >= 4 is 17.4 Å². The Balaban J connectivity index is 1.81. The van der Waals surface area contributed by atoms with Gasteiger partial charge >= 0.3 is 0 Å². The number of aliphatic hydroxyl groups is 1. The molecule has 4 rings (SSSR count). The fourth-order valence-corrected chi connectivity index (χ4v) is 3.97. The smallest absolute Gasteiger partial charge is 0.295 e. The van der Waals surface area contributed by atoms with E-state index in [1.165, 1.54) is 4.90 Å². The lowest BCUT2D eigenvalue weighted by Gasteiger charge is -2.26. The lowest BCUT2D eigenvalue weighted by molar-refractivity contribution is -0.140. The second kappa shape index (κ2) is 8.28. The standard InChI is InChI=1S/C23H25N3O4/c1-25(2)11-12-26-20(15-7-9-24-10-8-15)19(22(28)23(26)29)21(27)17-5-6-18-16(14-17)4-3-13-30-18/h5-10,14,20,27H,3-4,11-13H2,1-2H3/b21-19-. The maximum absolute atomic E-state index is 13.0. The van der Waals surface area contributed by atoms with E-state index in [1.807, 2.05) is 31.1 Å². The Morgan fingerprint density at radius 2 is 2.00 bits per heavy atom. The first-order valence-corrected chi connectivity index (χ1v) is 10.1. The summed E-state index contributed by atoms with van der Waals surface area (Å²) >= 11 is 0. The zero-order valence-electron chi connectivity index (χ0n) is 17.2. The predicted molar refractivity (Wildman–Crippen MR) is 112 cm³/mol. The van der Waals surface area contributed by atoms with Crippen molar-refractivity contribution in [2.75, 3.05) is 33.8 Å². The maximum atomic E-state index is 13.0. The van der Waals surface area contributed by atoms with Crippen LogP contribution in [0.5, 0.6) is 5.75 Å². The van der Waals surface area contributed by atoms with E-state index in [9.17, 15) is 14.7 Å². The van der Waals surface area contributed by atoms with Crippen molar-refractivity contribution in [2.45, 2.75) is 18.9 Å². The van der Waals surface area contributed by atoms with Crippen molar-refractivity contribution in [2.24, 2.45) is 0 Å². The molecule has 7 heteroatoms. The van der Waals surface area contributed by atoms with Gasteiger partial charge in [-0.05, 0) is 68.4 Å². The molecule has 0 aliphatic carbocycles. The van der Waals surface area contributed by atoms with Crippen LogP contribution in [0.2, 0.25) is 0 Å². The van der Waals surface area contributed by atoms with Gasteiger partial charge in [-0.2, -0.15) is 0 Å². The summed E-state index contributed by atoms with van der Waals surface area (Å²) in [4.78, 5) is 33.4. The van der Waals surface area contributed by atoms with E-state index in [4.69, 9.17) is 4.74 Å². The molecule has 1 unspecified atom stereocenters. The van der Waals surface area contributed by atoms with Gasteiger partial charge in [-0.25, -0.2) is 0 Å². The summed E-state index contributed by atoms with van der Waals surface area (Å²) in [6.07, 6.45) is 5.00. The summed E-state index contributed by atoms with van der Waals surface area (Å²) in [5.74, 6) is -0.616. The van der Waals surface area contributed by atoms with Gasteiger partial charge in [0.25, 0.3) is 11.7 Å². The zero-order chi connectivity index (χ0) is 21.3. The van der Waals surface area contributed by atoms with Crippen LogP contribution in [0.15, 0.2) is 48.3 Å². The number of hydrogen-bond donors (Lipinski definition) is 1. The van der Waals surface area contributed by atoms with Gasteiger partial charge in [0.15, 0.2) is 0 Å². The van der Waals surface area contributed by atoms with E-state index in [1.54, 1.807) is 30.6 Å². The molecular weight excluding hydrogens is 382 g/mol. The summed E-state index contributed by atoms with van der Waals surface area (Å²) in [5.41, 5.74) is 2.36. The molecule has 0 saturated carbocycles. The van der Waals surface area contributed by atoms with E-state index < -0.39 is 17.7 Å². The average molecular weight is 407 g/mol. The van der Waals surface area contributed by atoms with Gasteiger partial charge in [0.2, 0.25) is 0 Å². The molecule has 156 valence electrons. The molecule has 0 bridgehead atoms. The molecule has 2 aliphatic rings. The van der Waals surface area contributed by atoms with E-state index in [2.05, 4.69) is 4.98 Å². The number of hydrogen-bond acceptors (Lipinski definition) is 6. The molecule has 1 saturated heterocycles. The third kappa shape index (κ3) is 3.68. The maximum Gasteiger partial charge on any atom is 0.295 e. The number of aliphatic hydroxyl groups excluding tert-OH is 1. The first-order valence-electron chi connectivity index (χ1n) is 10.1. The first kappa shape index (κ1) is 20.1. The number of carbonyl (C=O) groups is 2. The number of fused-ring (bicyclic) bond motifs is 1. The van der Waals surface area contributed by atoms with Crippen molar-refractivity contribution in [3.8, 4) is 5.75 Å². The van der Waals surface area contributed by atoms with E-state index in [-0.39, 0.29) is 11.3 Å². The van der Waals surface area contributed by atoms with Crippen molar-refractivity contribution in [1.29, 1.82) is 0 Å². The van der Waals surface area contributed by atoms with Crippen LogP contribution >= 0.6 is 0 Å². The number of aromatic nitrogens is 1. The molecule has 1 aromatic heterocycles. The van der Waals surface area contributed by atoms with Crippen molar-refractivity contribution in [3.05, 3.63) is 65.0 Å². The van der Waals surface area contributed by atoms with Gasteiger partial charge in [0, 0.05) is 31.0 Å². The number of benzene rings is 1. The summed E-state index contributed by atoms with van der Waals surface area (Å²) in [6, 6.07) is 8.28. The highest BCUT2D eigenvalue weighted by Gasteiger charge is 2.45. The summed E-state index contributed by atoms with van der Waals surface area (Å²) < 4.78 is 5.65. The second-order valence-corrected chi connectivity index (χ2v) is 7.85. The molecule has 1 aromatic carbocycles. The molecule has 7 nitrogen and oxygen atoms in total. The molecule has 1 N–H and O–H groups in total. The van der Waals surface area contributed by atoms with Crippen LogP contribution in [0.3, 0.4) is 0 Å². The average Bonchev–Trinajstić information content (AvgIpc) is 3.02. The van der Waals surface area contributed by atoms with E-state index >= 15 is 0 Å². The van der Waals surface area contributed by atoms with Gasteiger partial charge in [-0.1, -0.05) is 0 Å². The van der Waals surface area contributed by atoms with Crippen molar-refractivity contribution in [3.63, 3.8) is 0 Å². The Morgan fingerprint density at radius 1 is 1.23 bits per heavy atom. The van der Waals surface area contributed by atoms with Crippen LogP contribution in [0, 0.1) is 0 Å². The molecule has 2 aromatic rings. The number of nitrogens with zero attached hydrogens (tertiary/aromatic N) is 3. The number of likely N-dealkylation sites (N-methyl/N-ethyl adjacent to an activating group) is 1. The van der Waals surface area contributed by atoms with Gasteiger partial charge in [0.1, 0.15) is 11.5 Å². The largest absolute Gasteiger partial charge is 0.507 e. The van der Waals surface area contributed by atoms with E-state index in [0.29, 0.717) is 25.3 Å². The molecular formula is C23H25N3O4. The highest BCUT2D eigenvalue weighted by atomic mass is 16.5. The molecule has 0 spiro atoms. The van der Waals surface area contributed by atoms with Crippen molar-refractivity contribution in [1.82, 2.24) is 14.8 Å². The quantitative estimate of drug-likeness (QED) is 0.466. The molecule has 30 heavy (non-hydrogen) atoms. The fraction of sp³-hybridized carbons (Fsp3) is 0.348.